The standard InChI is InChI=1S/C31H54N2O/c1-29(2,3)26-20-11-8-10-18(20)23(32-26)16-30(4,5)27-21-15-14-19(21)24(33-27)17-31(6,7)28-22-12-9-13-25(22)34-28/h18-28,32-33H,8-17H2,1-7H3. The summed E-state index contributed by atoms with van der Waals surface area (Å²) in [5.74, 6) is 4.47. The molecule has 34 heavy (non-hydrogen) atoms. The van der Waals surface area contributed by atoms with Crippen LogP contribution in [-0.2, 0) is 4.74 Å². The molecule has 3 saturated carbocycles. The topological polar surface area (TPSA) is 33.3 Å². The molecule has 3 saturated heterocycles. The third-order valence-corrected chi connectivity index (χ3v) is 11.9. The van der Waals surface area contributed by atoms with Gasteiger partial charge in [0.25, 0.3) is 0 Å². The van der Waals surface area contributed by atoms with Gasteiger partial charge in [0.15, 0.2) is 0 Å². The molecule has 6 rings (SSSR count). The summed E-state index contributed by atoms with van der Waals surface area (Å²) in [6.45, 7) is 17.6. The van der Waals surface area contributed by atoms with E-state index in [0.717, 1.165) is 29.6 Å². The Morgan fingerprint density at radius 1 is 0.588 bits per heavy atom. The second kappa shape index (κ2) is 8.19. The quantitative estimate of drug-likeness (QED) is 0.461. The van der Waals surface area contributed by atoms with Crippen molar-refractivity contribution in [3.63, 3.8) is 0 Å². The molecule has 0 bridgehead atoms. The van der Waals surface area contributed by atoms with Gasteiger partial charge in [-0.1, -0.05) is 61.3 Å². The number of ether oxygens (including phenoxy) is 1. The summed E-state index contributed by atoms with van der Waals surface area (Å²) in [5, 5.41) is 8.52. The first-order chi connectivity index (χ1) is 16.0. The summed E-state index contributed by atoms with van der Waals surface area (Å²) in [6.07, 6.45) is 15.1. The van der Waals surface area contributed by atoms with E-state index >= 15 is 0 Å². The summed E-state index contributed by atoms with van der Waals surface area (Å²) in [6, 6.07) is 2.79. The van der Waals surface area contributed by atoms with Crippen LogP contribution < -0.4 is 10.6 Å². The number of nitrogens with one attached hydrogen (secondary N) is 2. The molecule has 0 aromatic heterocycles. The first-order valence-corrected chi connectivity index (χ1v) is 15.1. The molecule has 194 valence electrons. The Labute approximate surface area is 210 Å². The van der Waals surface area contributed by atoms with Crippen molar-refractivity contribution in [3.8, 4) is 0 Å². The summed E-state index contributed by atoms with van der Waals surface area (Å²) in [4.78, 5) is 0. The van der Waals surface area contributed by atoms with Gasteiger partial charge in [0.1, 0.15) is 0 Å². The Hall–Kier alpha value is -0.120. The highest BCUT2D eigenvalue weighted by atomic mass is 16.5. The van der Waals surface area contributed by atoms with Crippen molar-refractivity contribution in [2.45, 2.75) is 149 Å². The van der Waals surface area contributed by atoms with E-state index < -0.39 is 0 Å². The fraction of sp³-hybridized carbons (Fsp3) is 1.00. The van der Waals surface area contributed by atoms with Crippen molar-refractivity contribution >= 4 is 0 Å². The third kappa shape index (κ3) is 3.85. The van der Waals surface area contributed by atoms with Crippen LogP contribution in [0.15, 0.2) is 0 Å². The first-order valence-electron chi connectivity index (χ1n) is 15.1. The lowest BCUT2D eigenvalue weighted by atomic mass is 9.61. The molecule has 3 nitrogen and oxygen atoms in total. The number of rotatable bonds is 6. The molecule has 6 fully saturated rings. The van der Waals surface area contributed by atoms with Gasteiger partial charge in [-0.2, -0.15) is 0 Å². The molecule has 11 unspecified atom stereocenters. The van der Waals surface area contributed by atoms with E-state index in [1.54, 1.807) is 0 Å². The van der Waals surface area contributed by atoms with Crippen LogP contribution >= 0.6 is 0 Å². The fourth-order valence-electron chi connectivity index (χ4n) is 10.3. The van der Waals surface area contributed by atoms with E-state index in [0.29, 0.717) is 52.6 Å². The second-order valence-electron chi connectivity index (χ2n) is 16.1. The van der Waals surface area contributed by atoms with Crippen LogP contribution in [0.25, 0.3) is 0 Å². The Kier molecular flexibility index (Phi) is 5.84. The zero-order chi connectivity index (χ0) is 24.0. The van der Waals surface area contributed by atoms with Crippen LogP contribution in [0.2, 0.25) is 0 Å². The Morgan fingerprint density at radius 2 is 1.12 bits per heavy atom. The van der Waals surface area contributed by atoms with Gasteiger partial charge in [-0.05, 0) is 91.3 Å². The molecule has 0 aromatic rings. The third-order valence-electron chi connectivity index (χ3n) is 11.9. The Morgan fingerprint density at radius 3 is 1.76 bits per heavy atom. The SMILES string of the molecule is CC(C)(C)C1NC(CC(C)(C)C2NC(CC(C)(C)C3OC4CCCC43)C3CCC32)C2CCCC21. The highest BCUT2D eigenvalue weighted by molar-refractivity contribution is 5.12. The summed E-state index contributed by atoms with van der Waals surface area (Å²) < 4.78 is 6.44. The smallest absolute Gasteiger partial charge is 0.0683 e. The van der Waals surface area contributed by atoms with Crippen molar-refractivity contribution in [1.29, 1.82) is 0 Å². The minimum Gasteiger partial charge on any atom is -0.374 e. The zero-order valence-electron chi connectivity index (χ0n) is 23.3. The molecule has 3 aliphatic carbocycles. The van der Waals surface area contributed by atoms with E-state index in [1.165, 1.54) is 64.2 Å². The summed E-state index contributed by atoms with van der Waals surface area (Å²) in [5.41, 5.74) is 1.02. The Balaban J connectivity index is 1.12. The molecule has 3 aliphatic heterocycles. The van der Waals surface area contributed by atoms with E-state index in [2.05, 4.69) is 59.1 Å². The fourth-order valence-corrected chi connectivity index (χ4v) is 10.3. The number of hydrogen-bond acceptors (Lipinski definition) is 3. The molecular formula is C31H54N2O. The average Bonchev–Trinajstić information content (AvgIpc) is 3.39. The maximum Gasteiger partial charge on any atom is 0.0683 e. The van der Waals surface area contributed by atoms with Crippen molar-refractivity contribution in [2.24, 2.45) is 45.8 Å². The molecule has 0 amide bonds. The van der Waals surface area contributed by atoms with E-state index in [1.807, 2.05) is 0 Å². The minimum absolute atomic E-state index is 0.298. The highest BCUT2D eigenvalue weighted by Gasteiger charge is 2.58. The predicted octanol–water partition coefficient (Wildman–Crippen LogP) is 6.56. The largest absolute Gasteiger partial charge is 0.374 e. The van der Waals surface area contributed by atoms with Crippen LogP contribution in [0.3, 0.4) is 0 Å². The molecular weight excluding hydrogens is 416 g/mol. The van der Waals surface area contributed by atoms with Crippen molar-refractivity contribution < 1.29 is 4.74 Å². The van der Waals surface area contributed by atoms with Crippen LogP contribution in [0.5, 0.6) is 0 Å². The average molecular weight is 471 g/mol. The summed E-state index contributed by atoms with van der Waals surface area (Å²) >= 11 is 0. The van der Waals surface area contributed by atoms with Gasteiger partial charge in [0.05, 0.1) is 12.2 Å². The van der Waals surface area contributed by atoms with Crippen LogP contribution in [0, 0.1) is 45.8 Å². The van der Waals surface area contributed by atoms with Crippen molar-refractivity contribution in [2.75, 3.05) is 0 Å². The second-order valence-corrected chi connectivity index (χ2v) is 16.1. The summed E-state index contributed by atoms with van der Waals surface area (Å²) in [7, 11) is 0. The van der Waals surface area contributed by atoms with Crippen LogP contribution in [-0.4, -0.2) is 36.4 Å². The van der Waals surface area contributed by atoms with Gasteiger partial charge in [-0.3, -0.25) is 0 Å². The molecule has 0 radical (unpaired) electrons. The lowest BCUT2D eigenvalue weighted by molar-refractivity contribution is -0.216. The Bertz CT molecular complexity index is 768. The van der Waals surface area contributed by atoms with E-state index in [9.17, 15) is 0 Å². The van der Waals surface area contributed by atoms with Crippen LogP contribution in [0.1, 0.15) is 113 Å². The molecule has 3 heteroatoms. The highest BCUT2D eigenvalue weighted by Crippen LogP contribution is 2.56. The maximum atomic E-state index is 6.44. The van der Waals surface area contributed by atoms with Gasteiger partial charge in [0.2, 0.25) is 0 Å². The molecule has 0 aromatic carbocycles. The molecule has 3 heterocycles. The van der Waals surface area contributed by atoms with Crippen molar-refractivity contribution in [1.82, 2.24) is 10.6 Å². The van der Waals surface area contributed by atoms with E-state index in [4.69, 9.17) is 4.74 Å². The minimum atomic E-state index is 0.298. The van der Waals surface area contributed by atoms with Gasteiger partial charge >= 0.3 is 0 Å². The van der Waals surface area contributed by atoms with Crippen LogP contribution in [0.4, 0.5) is 0 Å². The first kappa shape index (κ1) is 24.2. The molecule has 11 atom stereocenters. The monoisotopic (exact) mass is 470 g/mol. The lowest BCUT2D eigenvalue weighted by Gasteiger charge is -2.51. The number of fused-ring (bicyclic) bond motifs is 3. The van der Waals surface area contributed by atoms with E-state index in [-0.39, 0.29) is 0 Å². The van der Waals surface area contributed by atoms with Gasteiger partial charge in [0, 0.05) is 30.1 Å². The maximum absolute atomic E-state index is 6.44. The van der Waals surface area contributed by atoms with Gasteiger partial charge in [-0.25, -0.2) is 0 Å². The predicted molar refractivity (Wildman–Crippen MR) is 141 cm³/mol. The zero-order valence-corrected chi connectivity index (χ0v) is 23.3. The molecule has 0 spiro atoms. The normalized spacial score (nSPS) is 48.3. The molecule has 2 N–H and O–H groups in total. The lowest BCUT2D eigenvalue weighted by Crippen LogP contribution is -2.55. The molecule has 6 aliphatic rings. The van der Waals surface area contributed by atoms with Crippen molar-refractivity contribution in [3.05, 3.63) is 0 Å². The number of hydrogen-bond donors (Lipinski definition) is 2. The van der Waals surface area contributed by atoms with Gasteiger partial charge < -0.3 is 15.4 Å². The van der Waals surface area contributed by atoms with Gasteiger partial charge in [-0.15, -0.1) is 0 Å².